The lowest BCUT2D eigenvalue weighted by Gasteiger charge is -2.16. The Hall–Kier alpha value is -2.33. The maximum absolute atomic E-state index is 11.2. The zero-order chi connectivity index (χ0) is 16.5. The van der Waals surface area contributed by atoms with Crippen molar-refractivity contribution in [2.24, 2.45) is 0 Å². The molecule has 0 radical (unpaired) electrons. The first-order valence-corrected chi connectivity index (χ1v) is 7.69. The van der Waals surface area contributed by atoms with Crippen molar-refractivity contribution in [2.75, 3.05) is 20.3 Å². The Balaban J connectivity index is 2.08. The van der Waals surface area contributed by atoms with Crippen LogP contribution in [0, 0.1) is 0 Å². The summed E-state index contributed by atoms with van der Waals surface area (Å²) in [7, 11) is 1.67. The second kappa shape index (κ2) is 8.96. The average Bonchev–Trinajstić information content (AvgIpc) is 2.58. The van der Waals surface area contributed by atoms with Gasteiger partial charge in [-0.25, -0.2) is 0 Å². The van der Waals surface area contributed by atoms with Crippen LogP contribution in [0.5, 0.6) is 5.75 Å². The van der Waals surface area contributed by atoms with Gasteiger partial charge >= 0.3 is 5.97 Å². The number of carboxylic acid groups (broad SMARTS) is 1. The number of ether oxygens (including phenoxy) is 2. The van der Waals surface area contributed by atoms with Crippen LogP contribution < -0.4 is 4.74 Å². The molecule has 122 valence electrons. The van der Waals surface area contributed by atoms with Gasteiger partial charge in [-0.05, 0) is 23.3 Å². The van der Waals surface area contributed by atoms with Crippen LogP contribution in [0.3, 0.4) is 0 Å². The topological polar surface area (TPSA) is 55.8 Å². The number of carbonyl (C=O) groups is 1. The van der Waals surface area contributed by atoms with E-state index in [0.29, 0.717) is 13.2 Å². The monoisotopic (exact) mass is 314 g/mol. The Labute approximate surface area is 136 Å². The van der Waals surface area contributed by atoms with Gasteiger partial charge in [-0.3, -0.25) is 4.79 Å². The van der Waals surface area contributed by atoms with Gasteiger partial charge in [0.25, 0.3) is 0 Å². The third kappa shape index (κ3) is 5.42. The highest BCUT2D eigenvalue weighted by atomic mass is 16.5. The number of aliphatic carboxylic acids is 1. The minimum Gasteiger partial charge on any atom is -0.494 e. The highest BCUT2D eigenvalue weighted by Gasteiger charge is 2.17. The molecular weight excluding hydrogens is 292 g/mol. The lowest BCUT2D eigenvalue weighted by molar-refractivity contribution is -0.137. The van der Waals surface area contributed by atoms with Crippen molar-refractivity contribution in [3.8, 4) is 5.75 Å². The predicted octanol–water partition coefficient (Wildman–Crippen LogP) is 3.71. The first kappa shape index (κ1) is 17.0. The fourth-order valence-corrected chi connectivity index (χ4v) is 2.48. The van der Waals surface area contributed by atoms with Crippen LogP contribution in [0.4, 0.5) is 0 Å². The van der Waals surface area contributed by atoms with Crippen LogP contribution in [0.1, 0.15) is 29.9 Å². The van der Waals surface area contributed by atoms with Crippen molar-refractivity contribution in [1.29, 1.82) is 0 Å². The van der Waals surface area contributed by atoms with Gasteiger partial charge in [0.2, 0.25) is 0 Å². The van der Waals surface area contributed by atoms with E-state index in [2.05, 4.69) is 0 Å². The molecular formula is C19H22O4. The number of methoxy groups -OCH3 is 1. The van der Waals surface area contributed by atoms with Crippen LogP contribution in [0.2, 0.25) is 0 Å². The number of rotatable bonds is 9. The largest absolute Gasteiger partial charge is 0.494 e. The standard InChI is InChI=1S/C19H22O4/c1-22-12-5-13-23-17-10-8-16(9-11-17)18(14-19(20)21)15-6-3-2-4-7-15/h2-4,6-11,18H,5,12-14H2,1H3,(H,20,21)/t18-/m1/s1. The summed E-state index contributed by atoms with van der Waals surface area (Å²) in [4.78, 5) is 11.2. The number of benzene rings is 2. The van der Waals surface area contributed by atoms with Crippen LogP contribution in [-0.2, 0) is 9.53 Å². The molecule has 4 heteroatoms. The van der Waals surface area contributed by atoms with Gasteiger partial charge in [0.15, 0.2) is 0 Å². The van der Waals surface area contributed by atoms with E-state index in [0.717, 1.165) is 23.3 Å². The molecule has 1 N–H and O–H groups in total. The second-order valence-corrected chi connectivity index (χ2v) is 5.32. The van der Waals surface area contributed by atoms with Crippen molar-refractivity contribution < 1.29 is 19.4 Å². The van der Waals surface area contributed by atoms with Crippen LogP contribution >= 0.6 is 0 Å². The first-order valence-electron chi connectivity index (χ1n) is 7.69. The molecule has 0 amide bonds. The summed E-state index contributed by atoms with van der Waals surface area (Å²) in [5.41, 5.74) is 1.98. The lowest BCUT2D eigenvalue weighted by Crippen LogP contribution is -2.08. The van der Waals surface area contributed by atoms with E-state index >= 15 is 0 Å². The fraction of sp³-hybridized carbons (Fsp3) is 0.316. The molecule has 2 aromatic carbocycles. The third-order valence-corrected chi connectivity index (χ3v) is 3.62. The van der Waals surface area contributed by atoms with Gasteiger partial charge in [0, 0.05) is 26.1 Å². The van der Waals surface area contributed by atoms with Crippen molar-refractivity contribution in [1.82, 2.24) is 0 Å². The van der Waals surface area contributed by atoms with Crippen LogP contribution in [-0.4, -0.2) is 31.4 Å². The summed E-state index contributed by atoms with van der Waals surface area (Å²) in [6.07, 6.45) is 0.905. The molecule has 1 atom stereocenters. The van der Waals surface area contributed by atoms with Crippen molar-refractivity contribution >= 4 is 5.97 Å². The van der Waals surface area contributed by atoms with Crippen LogP contribution in [0.15, 0.2) is 54.6 Å². The molecule has 0 heterocycles. The van der Waals surface area contributed by atoms with E-state index < -0.39 is 5.97 Å². The molecule has 0 saturated carbocycles. The van der Waals surface area contributed by atoms with Gasteiger partial charge < -0.3 is 14.6 Å². The smallest absolute Gasteiger partial charge is 0.304 e. The molecule has 0 aliphatic heterocycles. The summed E-state index contributed by atoms with van der Waals surface area (Å²) < 4.78 is 10.6. The molecule has 2 aromatic rings. The minimum absolute atomic E-state index is 0.0675. The highest BCUT2D eigenvalue weighted by molar-refractivity contribution is 5.69. The summed E-state index contributed by atoms with van der Waals surface area (Å²) >= 11 is 0. The summed E-state index contributed by atoms with van der Waals surface area (Å²) in [5.74, 6) is -0.179. The molecule has 0 aromatic heterocycles. The third-order valence-electron chi connectivity index (χ3n) is 3.62. The molecule has 0 bridgehead atoms. The molecule has 4 nitrogen and oxygen atoms in total. The van der Waals surface area contributed by atoms with E-state index in [9.17, 15) is 9.90 Å². The van der Waals surface area contributed by atoms with E-state index in [1.54, 1.807) is 7.11 Å². The Kier molecular flexibility index (Phi) is 6.63. The molecule has 0 aliphatic rings. The summed E-state index contributed by atoms with van der Waals surface area (Å²) in [6, 6.07) is 17.4. The molecule has 0 spiro atoms. The van der Waals surface area contributed by atoms with Crippen molar-refractivity contribution in [3.05, 3.63) is 65.7 Å². The zero-order valence-corrected chi connectivity index (χ0v) is 13.3. The molecule has 2 rings (SSSR count). The van der Waals surface area contributed by atoms with E-state index in [1.165, 1.54) is 0 Å². The molecule has 0 unspecified atom stereocenters. The highest BCUT2D eigenvalue weighted by Crippen LogP contribution is 2.29. The Morgan fingerprint density at radius 2 is 1.65 bits per heavy atom. The maximum atomic E-state index is 11.2. The van der Waals surface area contributed by atoms with Crippen molar-refractivity contribution in [3.63, 3.8) is 0 Å². The zero-order valence-electron chi connectivity index (χ0n) is 13.3. The molecule has 0 fully saturated rings. The van der Waals surface area contributed by atoms with Gasteiger partial charge in [-0.1, -0.05) is 42.5 Å². The second-order valence-electron chi connectivity index (χ2n) is 5.32. The van der Waals surface area contributed by atoms with Crippen LogP contribution in [0.25, 0.3) is 0 Å². The van der Waals surface area contributed by atoms with Gasteiger partial charge in [0.1, 0.15) is 5.75 Å². The Morgan fingerprint density at radius 3 is 2.26 bits per heavy atom. The number of carboxylic acids is 1. The Morgan fingerprint density at radius 1 is 1.00 bits per heavy atom. The summed E-state index contributed by atoms with van der Waals surface area (Å²) in [6.45, 7) is 1.28. The normalized spacial score (nSPS) is 11.9. The van der Waals surface area contributed by atoms with E-state index in [4.69, 9.17) is 9.47 Å². The first-order chi connectivity index (χ1) is 11.2. The number of hydrogen-bond donors (Lipinski definition) is 1. The summed E-state index contributed by atoms with van der Waals surface area (Å²) in [5, 5.41) is 9.19. The lowest BCUT2D eigenvalue weighted by atomic mass is 9.88. The molecule has 0 saturated heterocycles. The van der Waals surface area contributed by atoms with E-state index in [1.807, 2.05) is 54.6 Å². The minimum atomic E-state index is -0.807. The predicted molar refractivity (Wildman–Crippen MR) is 89.0 cm³/mol. The fourth-order valence-electron chi connectivity index (χ4n) is 2.48. The quantitative estimate of drug-likeness (QED) is 0.717. The number of hydrogen-bond acceptors (Lipinski definition) is 3. The maximum Gasteiger partial charge on any atom is 0.304 e. The molecule has 23 heavy (non-hydrogen) atoms. The van der Waals surface area contributed by atoms with Crippen molar-refractivity contribution in [2.45, 2.75) is 18.8 Å². The SMILES string of the molecule is COCCCOc1ccc([C@H](CC(=O)O)c2ccccc2)cc1. The Bertz CT molecular complexity index is 593. The average molecular weight is 314 g/mol. The van der Waals surface area contributed by atoms with E-state index in [-0.39, 0.29) is 12.3 Å². The molecule has 0 aliphatic carbocycles. The van der Waals surface area contributed by atoms with Gasteiger partial charge in [-0.15, -0.1) is 0 Å². The van der Waals surface area contributed by atoms with Gasteiger partial charge in [0.05, 0.1) is 13.0 Å². The van der Waals surface area contributed by atoms with Gasteiger partial charge in [-0.2, -0.15) is 0 Å².